The predicted molar refractivity (Wildman–Crippen MR) is 64.9 cm³/mol. The van der Waals surface area contributed by atoms with Crippen LogP contribution in [-0.4, -0.2) is 30.3 Å². The first-order chi connectivity index (χ1) is 9.24. The lowest BCUT2D eigenvalue weighted by molar-refractivity contribution is -0.274. The van der Waals surface area contributed by atoms with Gasteiger partial charge < -0.3 is 9.64 Å². The second-order valence-corrected chi connectivity index (χ2v) is 4.20. The summed E-state index contributed by atoms with van der Waals surface area (Å²) in [6.07, 6.45) is -4.58. The second kappa shape index (κ2) is 6.28. The number of carbonyl (C=O) groups is 1. The van der Waals surface area contributed by atoms with Gasteiger partial charge in [0.05, 0.1) is 12.5 Å². The van der Waals surface area contributed by atoms with E-state index < -0.39 is 6.36 Å². The number of carbonyl (C=O) groups excluding carboxylic acids is 1. The highest BCUT2D eigenvalue weighted by atomic mass is 19.4. The Morgan fingerprint density at radius 3 is 2.40 bits per heavy atom. The van der Waals surface area contributed by atoms with E-state index in [-0.39, 0.29) is 29.7 Å². The number of benzene rings is 1. The molecule has 0 saturated heterocycles. The molecule has 0 saturated carbocycles. The van der Waals surface area contributed by atoms with Gasteiger partial charge in [0.25, 0.3) is 5.91 Å². The Bertz CT molecular complexity index is 506. The summed E-state index contributed by atoms with van der Waals surface area (Å²) in [4.78, 5) is 13.4. The zero-order chi connectivity index (χ0) is 15.3. The highest BCUT2D eigenvalue weighted by molar-refractivity contribution is 5.94. The summed E-state index contributed by atoms with van der Waals surface area (Å²) in [6, 6.07) is 6.32. The van der Waals surface area contributed by atoms with Crippen molar-refractivity contribution in [2.75, 3.05) is 7.05 Å². The minimum Gasteiger partial charge on any atom is -0.406 e. The fourth-order valence-corrected chi connectivity index (χ4v) is 1.47. The molecule has 0 aliphatic carbocycles. The van der Waals surface area contributed by atoms with Crippen LogP contribution in [-0.2, 0) is 0 Å². The smallest absolute Gasteiger partial charge is 0.406 e. The molecule has 0 radical (unpaired) electrons. The Hall–Kier alpha value is -2.23. The van der Waals surface area contributed by atoms with Crippen molar-refractivity contribution in [3.63, 3.8) is 0 Å². The lowest BCUT2D eigenvalue weighted by Crippen LogP contribution is -2.34. The maximum Gasteiger partial charge on any atom is 0.573 e. The van der Waals surface area contributed by atoms with E-state index >= 15 is 0 Å². The molecule has 1 rings (SSSR count). The molecule has 1 aromatic rings. The molecule has 1 aromatic carbocycles. The largest absolute Gasteiger partial charge is 0.573 e. The lowest BCUT2D eigenvalue weighted by atomic mass is 10.1. The van der Waals surface area contributed by atoms with Gasteiger partial charge in [-0.2, -0.15) is 5.26 Å². The molecule has 0 heterocycles. The van der Waals surface area contributed by atoms with Crippen LogP contribution in [0.15, 0.2) is 24.3 Å². The summed E-state index contributed by atoms with van der Waals surface area (Å²) in [5.74, 6) is -0.756. The van der Waals surface area contributed by atoms with Gasteiger partial charge in [-0.1, -0.05) is 0 Å². The highest BCUT2D eigenvalue weighted by Gasteiger charge is 2.31. The van der Waals surface area contributed by atoms with Gasteiger partial charge in [0.15, 0.2) is 0 Å². The Kier molecular flexibility index (Phi) is 4.97. The molecular weight excluding hydrogens is 273 g/mol. The Morgan fingerprint density at radius 2 is 1.95 bits per heavy atom. The van der Waals surface area contributed by atoms with Crippen LogP contribution in [0.5, 0.6) is 5.75 Å². The third kappa shape index (κ3) is 4.46. The molecule has 1 unspecified atom stereocenters. The number of amides is 1. The fourth-order valence-electron chi connectivity index (χ4n) is 1.47. The van der Waals surface area contributed by atoms with E-state index in [1.54, 1.807) is 6.92 Å². The Balaban J connectivity index is 2.78. The molecular formula is C13H13F3N2O2. The lowest BCUT2D eigenvalue weighted by Gasteiger charge is -2.23. The SMILES string of the molecule is CC(CC#N)N(C)C(=O)c1ccc(OC(F)(F)F)cc1. The number of alkyl halides is 3. The molecule has 0 N–H and O–H groups in total. The van der Waals surface area contributed by atoms with Crippen molar-refractivity contribution in [2.24, 2.45) is 0 Å². The molecule has 1 amide bonds. The van der Waals surface area contributed by atoms with Gasteiger partial charge in [-0.25, -0.2) is 0 Å². The van der Waals surface area contributed by atoms with Crippen LogP contribution in [0.4, 0.5) is 13.2 Å². The summed E-state index contributed by atoms with van der Waals surface area (Å²) < 4.78 is 39.7. The van der Waals surface area contributed by atoms with Gasteiger partial charge >= 0.3 is 6.36 Å². The van der Waals surface area contributed by atoms with Crippen LogP contribution in [0.1, 0.15) is 23.7 Å². The predicted octanol–water partition coefficient (Wildman–Crippen LogP) is 2.96. The van der Waals surface area contributed by atoms with E-state index in [0.717, 1.165) is 12.1 Å². The average molecular weight is 286 g/mol. The van der Waals surface area contributed by atoms with Crippen molar-refractivity contribution in [3.05, 3.63) is 29.8 Å². The minimum atomic E-state index is -4.76. The van der Waals surface area contributed by atoms with Gasteiger partial charge in [-0.05, 0) is 31.2 Å². The van der Waals surface area contributed by atoms with Crippen LogP contribution < -0.4 is 4.74 Å². The Labute approximate surface area is 114 Å². The van der Waals surface area contributed by atoms with E-state index in [4.69, 9.17) is 5.26 Å². The van der Waals surface area contributed by atoms with Crippen molar-refractivity contribution >= 4 is 5.91 Å². The minimum absolute atomic E-state index is 0.178. The number of rotatable bonds is 4. The van der Waals surface area contributed by atoms with Crippen molar-refractivity contribution in [3.8, 4) is 11.8 Å². The molecule has 4 nitrogen and oxygen atoms in total. The number of nitrogens with zero attached hydrogens (tertiary/aromatic N) is 2. The first-order valence-corrected chi connectivity index (χ1v) is 5.74. The standard InChI is InChI=1S/C13H13F3N2O2/c1-9(7-8-17)18(2)12(19)10-3-5-11(6-4-10)20-13(14,15)16/h3-6,9H,7H2,1-2H3. The normalized spacial score (nSPS) is 12.4. The number of nitriles is 1. The van der Waals surface area contributed by atoms with Gasteiger partial charge in [0.1, 0.15) is 5.75 Å². The molecule has 1 atom stereocenters. The molecule has 7 heteroatoms. The molecule has 0 spiro atoms. The zero-order valence-electron chi connectivity index (χ0n) is 10.9. The van der Waals surface area contributed by atoms with Crippen LogP contribution in [0.25, 0.3) is 0 Å². The molecule has 0 aliphatic heterocycles. The van der Waals surface area contributed by atoms with Crippen molar-refractivity contribution < 1.29 is 22.7 Å². The molecule has 20 heavy (non-hydrogen) atoms. The van der Waals surface area contributed by atoms with Gasteiger partial charge in [-0.3, -0.25) is 4.79 Å². The number of hydrogen-bond acceptors (Lipinski definition) is 3. The van der Waals surface area contributed by atoms with E-state index in [9.17, 15) is 18.0 Å². The molecule has 108 valence electrons. The molecule has 0 aromatic heterocycles. The Morgan fingerprint density at radius 1 is 1.40 bits per heavy atom. The average Bonchev–Trinajstić information content (AvgIpc) is 2.36. The summed E-state index contributed by atoms with van der Waals surface area (Å²) in [5.41, 5.74) is 0.229. The van der Waals surface area contributed by atoms with E-state index in [0.29, 0.717) is 0 Å². The summed E-state index contributed by atoms with van der Waals surface area (Å²) >= 11 is 0. The van der Waals surface area contributed by atoms with Crippen LogP contribution in [0.2, 0.25) is 0 Å². The molecule has 0 fully saturated rings. The topological polar surface area (TPSA) is 53.3 Å². The van der Waals surface area contributed by atoms with E-state index in [1.807, 2.05) is 6.07 Å². The third-order valence-electron chi connectivity index (χ3n) is 2.70. The first-order valence-electron chi connectivity index (χ1n) is 5.74. The maximum absolute atomic E-state index is 12.0. The molecule has 0 aliphatic rings. The third-order valence-corrected chi connectivity index (χ3v) is 2.70. The van der Waals surface area contributed by atoms with Gasteiger partial charge in [-0.15, -0.1) is 13.2 Å². The quantitative estimate of drug-likeness (QED) is 0.855. The van der Waals surface area contributed by atoms with Gasteiger partial charge in [0.2, 0.25) is 0 Å². The summed E-state index contributed by atoms with van der Waals surface area (Å²) in [5, 5.41) is 8.57. The zero-order valence-corrected chi connectivity index (χ0v) is 10.9. The maximum atomic E-state index is 12.0. The van der Waals surface area contributed by atoms with E-state index in [2.05, 4.69) is 4.74 Å². The van der Waals surface area contributed by atoms with Crippen molar-refractivity contribution in [2.45, 2.75) is 25.7 Å². The first kappa shape index (κ1) is 15.8. The second-order valence-electron chi connectivity index (χ2n) is 4.20. The highest BCUT2D eigenvalue weighted by Crippen LogP contribution is 2.23. The van der Waals surface area contributed by atoms with Gasteiger partial charge in [0, 0.05) is 18.7 Å². The summed E-state index contributed by atoms with van der Waals surface area (Å²) in [7, 11) is 1.53. The monoisotopic (exact) mass is 286 g/mol. The number of hydrogen-bond donors (Lipinski definition) is 0. The van der Waals surface area contributed by atoms with Crippen molar-refractivity contribution in [1.82, 2.24) is 4.90 Å². The molecule has 0 bridgehead atoms. The number of ether oxygens (including phenoxy) is 1. The van der Waals surface area contributed by atoms with E-state index in [1.165, 1.54) is 24.1 Å². The van der Waals surface area contributed by atoms with Crippen LogP contribution in [0, 0.1) is 11.3 Å². The number of halogens is 3. The van der Waals surface area contributed by atoms with Crippen LogP contribution in [0.3, 0.4) is 0 Å². The van der Waals surface area contributed by atoms with Crippen LogP contribution >= 0.6 is 0 Å². The van der Waals surface area contributed by atoms with Crippen molar-refractivity contribution in [1.29, 1.82) is 5.26 Å². The summed E-state index contributed by atoms with van der Waals surface area (Å²) in [6.45, 7) is 1.71. The fraction of sp³-hybridized carbons (Fsp3) is 0.385.